The molecule has 0 bridgehead atoms. The lowest BCUT2D eigenvalue weighted by molar-refractivity contribution is 0.467. The Bertz CT molecular complexity index is 584. The number of hydrogen-bond acceptors (Lipinski definition) is 3. The lowest BCUT2D eigenvalue weighted by atomic mass is 10.2. The molecule has 1 heterocycles. The largest absolute Gasteiger partial charge is 0.457 e. The zero-order chi connectivity index (χ0) is 14.5. The molecule has 0 aliphatic heterocycles. The Balaban J connectivity index is 2.22. The Hall–Kier alpha value is -1.14. The van der Waals surface area contributed by atoms with Crippen LogP contribution < -0.4 is 10.1 Å². The van der Waals surface area contributed by atoms with Crippen LogP contribution in [0.4, 0.5) is 0 Å². The molecule has 0 fully saturated rings. The Morgan fingerprint density at radius 2 is 2.10 bits per heavy atom. The van der Waals surface area contributed by atoms with Crippen molar-refractivity contribution in [1.29, 1.82) is 0 Å². The molecule has 1 N–H and O–H groups in total. The van der Waals surface area contributed by atoms with Crippen LogP contribution in [0.5, 0.6) is 11.5 Å². The van der Waals surface area contributed by atoms with Crippen molar-refractivity contribution in [3.63, 3.8) is 0 Å². The Kier molecular flexibility index (Phi) is 5.37. The van der Waals surface area contributed by atoms with Crippen LogP contribution in [-0.2, 0) is 6.54 Å². The summed E-state index contributed by atoms with van der Waals surface area (Å²) in [6.45, 7) is 6.98. The van der Waals surface area contributed by atoms with E-state index in [2.05, 4.69) is 46.7 Å². The summed E-state index contributed by atoms with van der Waals surface area (Å²) < 4.78 is 7.18. The lowest BCUT2D eigenvalue weighted by Crippen LogP contribution is -2.22. The fourth-order valence-corrected chi connectivity index (χ4v) is 2.28. The summed E-state index contributed by atoms with van der Waals surface area (Å²) in [6, 6.07) is 10.5. The first-order valence-electron chi connectivity index (χ1n) is 6.67. The molecule has 0 aliphatic rings. The maximum absolute atomic E-state index is 6.02. The summed E-state index contributed by atoms with van der Waals surface area (Å²) in [5.41, 5.74) is 2.03. The summed E-state index contributed by atoms with van der Waals surface area (Å²) in [7, 11) is 0. The van der Waals surface area contributed by atoms with Crippen molar-refractivity contribution in [2.24, 2.45) is 0 Å². The lowest BCUT2D eigenvalue weighted by Gasteiger charge is -2.14. The van der Waals surface area contributed by atoms with E-state index in [9.17, 15) is 0 Å². The van der Waals surface area contributed by atoms with Gasteiger partial charge >= 0.3 is 0 Å². The van der Waals surface area contributed by atoms with E-state index in [0.29, 0.717) is 6.04 Å². The SMILES string of the molecule is Cc1cc(Oc2cccc(I)c2)c(CNC(C)C)cn1. The van der Waals surface area contributed by atoms with Gasteiger partial charge in [-0.1, -0.05) is 19.9 Å². The molecule has 2 rings (SSSR count). The normalized spacial score (nSPS) is 10.8. The Morgan fingerprint density at radius 1 is 1.30 bits per heavy atom. The average Bonchev–Trinajstić information content (AvgIpc) is 2.37. The minimum atomic E-state index is 0.432. The molecule has 0 saturated carbocycles. The van der Waals surface area contributed by atoms with Gasteiger partial charge < -0.3 is 10.1 Å². The zero-order valence-corrected chi connectivity index (χ0v) is 14.1. The van der Waals surface area contributed by atoms with Gasteiger partial charge in [0, 0.05) is 39.7 Å². The van der Waals surface area contributed by atoms with Gasteiger partial charge in [-0.25, -0.2) is 0 Å². The van der Waals surface area contributed by atoms with Crippen molar-refractivity contribution < 1.29 is 4.74 Å². The molecule has 0 atom stereocenters. The number of aromatic nitrogens is 1. The quantitative estimate of drug-likeness (QED) is 0.784. The summed E-state index contributed by atoms with van der Waals surface area (Å²) in [5.74, 6) is 1.72. The van der Waals surface area contributed by atoms with Crippen molar-refractivity contribution in [3.05, 3.63) is 51.4 Å². The van der Waals surface area contributed by atoms with Crippen molar-refractivity contribution in [3.8, 4) is 11.5 Å². The summed E-state index contributed by atoms with van der Waals surface area (Å²) in [4.78, 5) is 4.36. The third-order valence-corrected chi connectivity index (χ3v) is 3.48. The van der Waals surface area contributed by atoms with Crippen molar-refractivity contribution >= 4 is 22.6 Å². The van der Waals surface area contributed by atoms with Gasteiger partial charge in [-0.3, -0.25) is 4.98 Å². The van der Waals surface area contributed by atoms with Crippen LogP contribution in [0.2, 0.25) is 0 Å². The zero-order valence-electron chi connectivity index (χ0n) is 12.0. The monoisotopic (exact) mass is 382 g/mol. The van der Waals surface area contributed by atoms with Crippen LogP contribution in [0.1, 0.15) is 25.1 Å². The minimum Gasteiger partial charge on any atom is -0.457 e. The predicted molar refractivity (Wildman–Crippen MR) is 90.2 cm³/mol. The molecule has 1 aromatic carbocycles. The number of halogens is 1. The van der Waals surface area contributed by atoms with E-state index in [4.69, 9.17) is 4.74 Å². The van der Waals surface area contributed by atoms with Crippen molar-refractivity contribution in [2.45, 2.75) is 33.4 Å². The number of rotatable bonds is 5. The maximum atomic E-state index is 6.02. The van der Waals surface area contributed by atoms with E-state index in [1.165, 1.54) is 0 Å². The van der Waals surface area contributed by atoms with E-state index in [-0.39, 0.29) is 0 Å². The molecule has 0 unspecified atom stereocenters. The second-order valence-corrected chi connectivity index (χ2v) is 6.27. The van der Waals surface area contributed by atoms with Crippen LogP contribution >= 0.6 is 22.6 Å². The molecular weight excluding hydrogens is 363 g/mol. The first kappa shape index (κ1) is 15.3. The third kappa shape index (κ3) is 4.45. The molecule has 106 valence electrons. The molecular formula is C16H19IN2O. The van der Waals surface area contributed by atoms with E-state index in [1.54, 1.807) is 0 Å². The molecule has 0 spiro atoms. The molecule has 20 heavy (non-hydrogen) atoms. The summed E-state index contributed by atoms with van der Waals surface area (Å²) in [6.07, 6.45) is 1.88. The summed E-state index contributed by atoms with van der Waals surface area (Å²) >= 11 is 2.28. The highest BCUT2D eigenvalue weighted by atomic mass is 127. The number of nitrogens with one attached hydrogen (secondary N) is 1. The fraction of sp³-hybridized carbons (Fsp3) is 0.312. The van der Waals surface area contributed by atoms with Gasteiger partial charge in [0.15, 0.2) is 0 Å². The topological polar surface area (TPSA) is 34.1 Å². The molecule has 3 nitrogen and oxygen atoms in total. The van der Waals surface area contributed by atoms with Gasteiger partial charge in [-0.2, -0.15) is 0 Å². The van der Waals surface area contributed by atoms with Crippen LogP contribution in [-0.4, -0.2) is 11.0 Å². The van der Waals surface area contributed by atoms with Crippen LogP contribution in [0.3, 0.4) is 0 Å². The number of nitrogens with zero attached hydrogens (tertiary/aromatic N) is 1. The predicted octanol–water partition coefficient (Wildman–Crippen LogP) is 4.28. The molecule has 0 amide bonds. The van der Waals surface area contributed by atoms with Crippen molar-refractivity contribution in [1.82, 2.24) is 10.3 Å². The van der Waals surface area contributed by atoms with Crippen LogP contribution in [0.15, 0.2) is 36.5 Å². The number of hydrogen-bond donors (Lipinski definition) is 1. The van der Waals surface area contributed by atoms with E-state index in [1.807, 2.05) is 43.5 Å². The van der Waals surface area contributed by atoms with Crippen LogP contribution in [0.25, 0.3) is 0 Å². The molecule has 0 aliphatic carbocycles. The highest BCUT2D eigenvalue weighted by Crippen LogP contribution is 2.26. The molecule has 0 saturated heterocycles. The second-order valence-electron chi connectivity index (χ2n) is 5.03. The van der Waals surface area contributed by atoms with Gasteiger partial charge in [0.2, 0.25) is 0 Å². The smallest absolute Gasteiger partial charge is 0.135 e. The highest BCUT2D eigenvalue weighted by Gasteiger charge is 2.07. The molecule has 0 radical (unpaired) electrons. The molecule has 1 aromatic heterocycles. The number of benzene rings is 1. The maximum Gasteiger partial charge on any atom is 0.135 e. The Labute approximate surface area is 133 Å². The van der Waals surface area contributed by atoms with Gasteiger partial charge in [-0.05, 0) is 47.7 Å². The Morgan fingerprint density at radius 3 is 2.80 bits per heavy atom. The standard InChI is InChI=1S/C16H19IN2O/c1-11(2)18-9-13-10-19-12(3)7-16(13)20-15-6-4-5-14(17)8-15/h4-8,10-11,18H,9H2,1-3H3. The van der Waals surface area contributed by atoms with E-state index >= 15 is 0 Å². The van der Waals surface area contributed by atoms with Crippen LogP contribution in [0, 0.1) is 10.5 Å². The number of ether oxygens (including phenoxy) is 1. The number of pyridine rings is 1. The fourth-order valence-electron chi connectivity index (χ4n) is 1.76. The van der Waals surface area contributed by atoms with Gasteiger partial charge in [0.05, 0.1) is 0 Å². The first-order valence-corrected chi connectivity index (χ1v) is 7.75. The first-order chi connectivity index (χ1) is 9.54. The second kappa shape index (κ2) is 7.04. The molecule has 4 heteroatoms. The molecule has 2 aromatic rings. The average molecular weight is 382 g/mol. The van der Waals surface area contributed by atoms with Gasteiger partial charge in [0.1, 0.15) is 11.5 Å². The van der Waals surface area contributed by atoms with Crippen molar-refractivity contribution in [2.75, 3.05) is 0 Å². The van der Waals surface area contributed by atoms with Gasteiger partial charge in [-0.15, -0.1) is 0 Å². The van der Waals surface area contributed by atoms with E-state index < -0.39 is 0 Å². The number of aryl methyl sites for hydroxylation is 1. The highest BCUT2D eigenvalue weighted by molar-refractivity contribution is 14.1. The summed E-state index contributed by atoms with van der Waals surface area (Å²) in [5, 5.41) is 3.40. The minimum absolute atomic E-state index is 0.432. The van der Waals surface area contributed by atoms with E-state index in [0.717, 1.165) is 32.9 Å². The van der Waals surface area contributed by atoms with Gasteiger partial charge in [0.25, 0.3) is 0 Å². The third-order valence-electron chi connectivity index (χ3n) is 2.81.